The number of sulfonamides is 1. The average molecular weight is 479 g/mol. The SMILES string of the molecule is Cc1cc(NC(=O)CN2CCN(S(=O)(=O)c3ccc(F)cc3F)CC2)ccc1N1CCCC1. The molecule has 178 valence electrons. The zero-order valence-electron chi connectivity index (χ0n) is 18.6. The van der Waals surface area contributed by atoms with E-state index in [1.807, 2.05) is 30.0 Å². The highest BCUT2D eigenvalue weighted by Gasteiger charge is 2.31. The van der Waals surface area contributed by atoms with Gasteiger partial charge >= 0.3 is 0 Å². The van der Waals surface area contributed by atoms with Crippen LogP contribution in [0.15, 0.2) is 41.3 Å². The van der Waals surface area contributed by atoms with Crippen molar-refractivity contribution in [1.82, 2.24) is 9.21 Å². The van der Waals surface area contributed by atoms with Crippen molar-refractivity contribution in [3.63, 3.8) is 0 Å². The van der Waals surface area contributed by atoms with E-state index in [-0.39, 0.29) is 25.5 Å². The van der Waals surface area contributed by atoms with Gasteiger partial charge in [0.1, 0.15) is 16.5 Å². The van der Waals surface area contributed by atoms with Crippen molar-refractivity contribution in [2.75, 3.05) is 56.0 Å². The molecular formula is C23H28F2N4O3S. The molecule has 2 heterocycles. The quantitative estimate of drug-likeness (QED) is 0.691. The van der Waals surface area contributed by atoms with Crippen LogP contribution in [0.1, 0.15) is 18.4 Å². The number of piperazine rings is 1. The molecule has 0 aliphatic carbocycles. The second-order valence-electron chi connectivity index (χ2n) is 8.50. The van der Waals surface area contributed by atoms with Crippen LogP contribution < -0.4 is 10.2 Å². The minimum atomic E-state index is -4.07. The fraction of sp³-hybridized carbons (Fsp3) is 0.435. The Morgan fingerprint density at radius 2 is 1.67 bits per heavy atom. The van der Waals surface area contributed by atoms with Gasteiger partial charge in [0.05, 0.1) is 6.54 Å². The zero-order chi connectivity index (χ0) is 23.6. The lowest BCUT2D eigenvalue weighted by molar-refractivity contribution is -0.117. The first-order chi connectivity index (χ1) is 15.7. The van der Waals surface area contributed by atoms with Crippen molar-refractivity contribution in [2.24, 2.45) is 0 Å². The van der Waals surface area contributed by atoms with Crippen LogP contribution in [0, 0.1) is 18.6 Å². The molecule has 2 aliphatic heterocycles. The molecule has 0 bridgehead atoms. The van der Waals surface area contributed by atoms with Gasteiger partial charge in [-0.15, -0.1) is 0 Å². The van der Waals surface area contributed by atoms with Crippen LogP contribution >= 0.6 is 0 Å². The van der Waals surface area contributed by atoms with E-state index >= 15 is 0 Å². The Labute approximate surface area is 193 Å². The van der Waals surface area contributed by atoms with Gasteiger partial charge < -0.3 is 10.2 Å². The van der Waals surface area contributed by atoms with E-state index in [1.54, 1.807) is 0 Å². The molecule has 0 atom stereocenters. The van der Waals surface area contributed by atoms with Crippen LogP contribution in [-0.2, 0) is 14.8 Å². The minimum Gasteiger partial charge on any atom is -0.371 e. The molecule has 1 amide bonds. The average Bonchev–Trinajstić information content (AvgIpc) is 3.28. The van der Waals surface area contributed by atoms with Gasteiger partial charge in [-0.3, -0.25) is 9.69 Å². The summed E-state index contributed by atoms with van der Waals surface area (Å²) in [6.07, 6.45) is 2.40. The summed E-state index contributed by atoms with van der Waals surface area (Å²) in [4.78, 5) is 16.2. The third kappa shape index (κ3) is 5.34. The molecule has 2 aromatic carbocycles. The lowest BCUT2D eigenvalue weighted by Gasteiger charge is -2.33. The molecule has 0 radical (unpaired) electrons. The Morgan fingerprint density at radius 3 is 2.30 bits per heavy atom. The Hall–Kier alpha value is -2.56. The molecule has 1 N–H and O–H groups in total. The molecule has 10 heteroatoms. The molecule has 2 saturated heterocycles. The van der Waals surface area contributed by atoms with Crippen molar-refractivity contribution in [2.45, 2.75) is 24.7 Å². The summed E-state index contributed by atoms with van der Waals surface area (Å²) in [5.74, 6) is -2.12. The van der Waals surface area contributed by atoms with Gasteiger partial charge in [0.25, 0.3) is 0 Å². The number of carbonyl (C=O) groups is 1. The van der Waals surface area contributed by atoms with Crippen LogP contribution in [0.25, 0.3) is 0 Å². The van der Waals surface area contributed by atoms with Gasteiger partial charge in [-0.25, -0.2) is 17.2 Å². The second kappa shape index (κ2) is 9.74. The summed E-state index contributed by atoms with van der Waals surface area (Å²) in [6, 6.07) is 8.34. The van der Waals surface area contributed by atoms with Gasteiger partial charge in [-0.1, -0.05) is 0 Å². The largest absolute Gasteiger partial charge is 0.371 e. The molecule has 7 nitrogen and oxygen atoms in total. The highest BCUT2D eigenvalue weighted by Crippen LogP contribution is 2.27. The molecule has 0 saturated carbocycles. The normalized spacial score (nSPS) is 18.0. The number of amides is 1. The maximum atomic E-state index is 14.0. The fourth-order valence-electron chi connectivity index (χ4n) is 4.40. The number of aryl methyl sites for hydroxylation is 1. The molecule has 2 fully saturated rings. The van der Waals surface area contributed by atoms with E-state index in [4.69, 9.17) is 0 Å². The standard InChI is InChI=1S/C23H28F2N4O3S/c1-17-14-19(5-6-21(17)28-8-2-3-9-28)26-23(30)16-27-10-12-29(13-11-27)33(31,32)22-7-4-18(24)15-20(22)25/h4-7,14-15H,2-3,8-13,16H2,1H3,(H,26,30). The van der Waals surface area contributed by atoms with E-state index in [2.05, 4.69) is 10.2 Å². The van der Waals surface area contributed by atoms with Gasteiger partial charge in [0.15, 0.2) is 0 Å². The molecule has 33 heavy (non-hydrogen) atoms. The van der Waals surface area contributed by atoms with Crippen molar-refractivity contribution in [3.8, 4) is 0 Å². The van der Waals surface area contributed by atoms with Crippen LogP contribution in [0.2, 0.25) is 0 Å². The fourth-order valence-corrected chi connectivity index (χ4v) is 5.87. The van der Waals surface area contributed by atoms with Crippen LogP contribution in [0.3, 0.4) is 0 Å². The molecule has 0 aromatic heterocycles. The molecule has 2 aliphatic rings. The first-order valence-electron chi connectivity index (χ1n) is 11.1. The van der Waals surface area contributed by atoms with Crippen LogP contribution in [0.4, 0.5) is 20.2 Å². The summed E-state index contributed by atoms with van der Waals surface area (Å²) in [5.41, 5.74) is 3.04. The van der Waals surface area contributed by atoms with E-state index in [1.165, 1.54) is 18.5 Å². The lowest BCUT2D eigenvalue weighted by Crippen LogP contribution is -2.50. The number of halogens is 2. The number of nitrogens with zero attached hydrogens (tertiary/aromatic N) is 3. The van der Waals surface area contributed by atoms with Crippen molar-refractivity contribution >= 4 is 27.3 Å². The topological polar surface area (TPSA) is 73.0 Å². The molecular weight excluding hydrogens is 450 g/mol. The maximum absolute atomic E-state index is 14.0. The van der Waals surface area contributed by atoms with E-state index in [0.29, 0.717) is 19.2 Å². The monoisotopic (exact) mass is 478 g/mol. The molecule has 2 aromatic rings. The summed E-state index contributed by atoms with van der Waals surface area (Å²) in [7, 11) is -4.07. The maximum Gasteiger partial charge on any atom is 0.246 e. The summed E-state index contributed by atoms with van der Waals surface area (Å²) < 4.78 is 53.7. The van der Waals surface area contributed by atoms with Gasteiger partial charge in [0.2, 0.25) is 15.9 Å². The highest BCUT2D eigenvalue weighted by molar-refractivity contribution is 7.89. The Kier molecular flexibility index (Phi) is 6.96. The number of anilines is 2. The number of hydrogen-bond acceptors (Lipinski definition) is 5. The number of carbonyl (C=O) groups excluding carboxylic acids is 1. The van der Waals surface area contributed by atoms with Crippen molar-refractivity contribution in [1.29, 1.82) is 0 Å². The van der Waals surface area contributed by atoms with Gasteiger partial charge in [-0.2, -0.15) is 4.31 Å². The Bertz CT molecular complexity index is 1130. The van der Waals surface area contributed by atoms with Gasteiger partial charge in [-0.05, 0) is 55.7 Å². The third-order valence-corrected chi connectivity index (χ3v) is 8.07. The molecule has 4 rings (SSSR count). The summed E-state index contributed by atoms with van der Waals surface area (Å²) in [6.45, 7) is 5.19. The molecule has 0 spiro atoms. The second-order valence-corrected chi connectivity index (χ2v) is 10.4. The number of hydrogen-bond donors (Lipinski definition) is 1. The highest BCUT2D eigenvalue weighted by atomic mass is 32.2. The number of rotatable bonds is 6. The zero-order valence-corrected chi connectivity index (χ0v) is 19.4. The number of nitrogens with one attached hydrogen (secondary N) is 1. The van der Waals surface area contributed by atoms with Crippen LogP contribution in [0.5, 0.6) is 0 Å². The first-order valence-corrected chi connectivity index (χ1v) is 12.5. The van der Waals surface area contributed by atoms with E-state index < -0.39 is 26.6 Å². The minimum absolute atomic E-state index is 0.121. The summed E-state index contributed by atoms with van der Waals surface area (Å²) in [5, 5.41) is 2.91. The van der Waals surface area contributed by atoms with Crippen molar-refractivity contribution < 1.29 is 22.0 Å². The molecule has 0 unspecified atom stereocenters. The third-order valence-electron chi connectivity index (χ3n) is 6.14. The van der Waals surface area contributed by atoms with E-state index in [9.17, 15) is 22.0 Å². The van der Waals surface area contributed by atoms with E-state index in [0.717, 1.165) is 40.8 Å². The smallest absolute Gasteiger partial charge is 0.246 e. The summed E-state index contributed by atoms with van der Waals surface area (Å²) >= 11 is 0. The van der Waals surface area contributed by atoms with Gasteiger partial charge in [0, 0.05) is 56.7 Å². The number of benzene rings is 2. The van der Waals surface area contributed by atoms with Crippen molar-refractivity contribution in [3.05, 3.63) is 53.6 Å². The Morgan fingerprint density at radius 1 is 0.970 bits per heavy atom. The Balaban J connectivity index is 1.31. The predicted molar refractivity (Wildman–Crippen MR) is 123 cm³/mol. The predicted octanol–water partition coefficient (Wildman–Crippen LogP) is 2.82. The van der Waals surface area contributed by atoms with Crippen LogP contribution in [-0.4, -0.2) is 69.3 Å². The first kappa shape index (κ1) is 23.6. The lowest BCUT2D eigenvalue weighted by atomic mass is 10.1.